The molecule has 1 aliphatic heterocycles. The average molecular weight is 440 g/mol. The fourth-order valence-corrected chi connectivity index (χ4v) is 3.73. The summed E-state index contributed by atoms with van der Waals surface area (Å²) in [6.07, 6.45) is 3.18. The first-order valence-corrected chi connectivity index (χ1v) is 10.4. The molecule has 4 aromatic rings. The van der Waals surface area contributed by atoms with Crippen LogP contribution in [0.2, 0.25) is 0 Å². The molecule has 33 heavy (non-hydrogen) atoms. The topological polar surface area (TPSA) is 93.7 Å². The first-order valence-electron chi connectivity index (χ1n) is 10.4. The Labute approximate surface area is 189 Å². The van der Waals surface area contributed by atoms with Crippen molar-refractivity contribution in [2.75, 3.05) is 18.6 Å². The number of benzene rings is 2. The summed E-state index contributed by atoms with van der Waals surface area (Å²) in [4.78, 5) is 36.1. The van der Waals surface area contributed by atoms with Crippen molar-refractivity contribution in [3.63, 3.8) is 0 Å². The molecule has 1 N–H and O–H groups in total. The highest BCUT2D eigenvalue weighted by atomic mass is 16.5. The van der Waals surface area contributed by atoms with Gasteiger partial charge in [0.1, 0.15) is 35.6 Å². The highest BCUT2D eigenvalue weighted by Gasteiger charge is 2.32. The molecular formula is C25H20N4O4. The van der Waals surface area contributed by atoms with Gasteiger partial charge in [-0.15, -0.1) is 0 Å². The van der Waals surface area contributed by atoms with Gasteiger partial charge in [-0.2, -0.15) is 0 Å². The number of anilines is 1. The Hall–Kier alpha value is -4.46. The highest BCUT2D eigenvalue weighted by molar-refractivity contribution is 6.08. The summed E-state index contributed by atoms with van der Waals surface area (Å²) in [5, 5.41) is 3.54. The van der Waals surface area contributed by atoms with Crippen molar-refractivity contribution >= 4 is 28.4 Å². The van der Waals surface area contributed by atoms with Gasteiger partial charge in [0.05, 0.1) is 11.2 Å². The quantitative estimate of drug-likeness (QED) is 0.521. The standard InChI is InChI=1S/C25H20N4O4/c1-29-23-18-8-5-12-26-19(18)9-10-22(23)32-15-21(25(29)31)28-24(30)20-14-17(11-13-27-20)33-16-6-3-2-4-7-16/h2-14,21H,15H2,1H3,(H,28,30)/t21-/m0/s1. The summed E-state index contributed by atoms with van der Waals surface area (Å²) < 4.78 is 11.7. The molecule has 3 heterocycles. The first-order chi connectivity index (χ1) is 16.1. The number of aromatic nitrogens is 2. The monoisotopic (exact) mass is 440 g/mol. The van der Waals surface area contributed by atoms with Gasteiger partial charge in [0.15, 0.2) is 0 Å². The lowest BCUT2D eigenvalue weighted by atomic mass is 10.1. The minimum atomic E-state index is -0.887. The van der Waals surface area contributed by atoms with E-state index in [2.05, 4.69) is 15.3 Å². The third kappa shape index (κ3) is 4.06. The molecule has 0 unspecified atom stereocenters. The largest absolute Gasteiger partial charge is 0.489 e. The molecule has 2 amide bonds. The van der Waals surface area contributed by atoms with E-state index in [0.29, 0.717) is 22.9 Å². The van der Waals surface area contributed by atoms with E-state index in [1.807, 2.05) is 42.5 Å². The van der Waals surface area contributed by atoms with Crippen molar-refractivity contribution in [3.05, 3.63) is 84.8 Å². The number of amides is 2. The fraction of sp³-hybridized carbons (Fsp3) is 0.120. The van der Waals surface area contributed by atoms with E-state index in [9.17, 15) is 9.59 Å². The van der Waals surface area contributed by atoms with Crippen molar-refractivity contribution in [1.29, 1.82) is 0 Å². The number of hydrogen-bond donors (Lipinski definition) is 1. The molecule has 2 aromatic carbocycles. The van der Waals surface area contributed by atoms with Crippen LogP contribution in [-0.2, 0) is 4.79 Å². The Morgan fingerprint density at radius 3 is 2.73 bits per heavy atom. The van der Waals surface area contributed by atoms with Crippen LogP contribution in [0.5, 0.6) is 17.2 Å². The predicted octanol–water partition coefficient (Wildman–Crippen LogP) is 3.58. The minimum absolute atomic E-state index is 0.00606. The summed E-state index contributed by atoms with van der Waals surface area (Å²) >= 11 is 0. The molecule has 0 fully saturated rings. The van der Waals surface area contributed by atoms with E-state index in [4.69, 9.17) is 9.47 Å². The zero-order valence-electron chi connectivity index (χ0n) is 17.8. The lowest BCUT2D eigenvalue weighted by Crippen LogP contribution is -2.49. The molecule has 0 bridgehead atoms. The van der Waals surface area contributed by atoms with Crippen LogP contribution >= 0.6 is 0 Å². The van der Waals surface area contributed by atoms with Crippen molar-refractivity contribution < 1.29 is 19.1 Å². The van der Waals surface area contributed by atoms with E-state index < -0.39 is 11.9 Å². The second-order valence-corrected chi connectivity index (χ2v) is 7.51. The van der Waals surface area contributed by atoms with Crippen LogP contribution in [-0.4, -0.2) is 41.5 Å². The van der Waals surface area contributed by atoms with Crippen LogP contribution in [0.25, 0.3) is 10.9 Å². The Kier molecular flexibility index (Phi) is 5.32. The van der Waals surface area contributed by atoms with E-state index in [1.54, 1.807) is 31.4 Å². The molecular weight excluding hydrogens is 420 g/mol. The molecule has 164 valence electrons. The Balaban J connectivity index is 1.36. The summed E-state index contributed by atoms with van der Waals surface area (Å²) in [5.41, 5.74) is 1.51. The molecule has 0 spiro atoms. The maximum absolute atomic E-state index is 13.2. The second kappa shape index (κ2) is 8.58. The number of nitrogens with zero attached hydrogens (tertiary/aromatic N) is 3. The Morgan fingerprint density at radius 1 is 1.03 bits per heavy atom. The molecule has 1 atom stereocenters. The number of nitrogens with one attached hydrogen (secondary N) is 1. The molecule has 0 saturated carbocycles. The Bertz CT molecular complexity index is 1340. The molecule has 0 radical (unpaired) electrons. The third-order valence-electron chi connectivity index (χ3n) is 5.34. The van der Waals surface area contributed by atoms with E-state index in [-0.39, 0.29) is 18.2 Å². The predicted molar refractivity (Wildman–Crippen MR) is 123 cm³/mol. The van der Waals surface area contributed by atoms with Gasteiger partial charge < -0.3 is 19.7 Å². The van der Waals surface area contributed by atoms with Gasteiger partial charge >= 0.3 is 0 Å². The fourth-order valence-electron chi connectivity index (χ4n) is 3.73. The molecule has 2 aromatic heterocycles. The number of ether oxygens (including phenoxy) is 2. The normalized spacial score (nSPS) is 15.4. The molecule has 5 rings (SSSR count). The number of hydrogen-bond acceptors (Lipinski definition) is 6. The summed E-state index contributed by atoms with van der Waals surface area (Å²) in [5.74, 6) is 0.868. The Morgan fingerprint density at radius 2 is 1.88 bits per heavy atom. The molecule has 1 aliphatic rings. The van der Waals surface area contributed by atoms with Crippen LogP contribution in [0.1, 0.15) is 10.5 Å². The van der Waals surface area contributed by atoms with Crippen LogP contribution in [0.15, 0.2) is 79.1 Å². The van der Waals surface area contributed by atoms with Crippen LogP contribution in [0, 0.1) is 0 Å². The van der Waals surface area contributed by atoms with Crippen LogP contribution in [0.4, 0.5) is 5.69 Å². The van der Waals surface area contributed by atoms with Crippen molar-refractivity contribution in [2.24, 2.45) is 0 Å². The number of para-hydroxylation sites is 1. The number of pyridine rings is 2. The summed E-state index contributed by atoms with van der Waals surface area (Å²) in [7, 11) is 1.66. The first kappa shape index (κ1) is 20.4. The van der Waals surface area contributed by atoms with Crippen LogP contribution < -0.4 is 19.7 Å². The van der Waals surface area contributed by atoms with Gasteiger partial charge in [0, 0.05) is 30.9 Å². The molecule has 0 saturated heterocycles. The van der Waals surface area contributed by atoms with Gasteiger partial charge in [-0.1, -0.05) is 18.2 Å². The highest BCUT2D eigenvalue weighted by Crippen LogP contribution is 2.37. The smallest absolute Gasteiger partial charge is 0.270 e. The number of fused-ring (bicyclic) bond motifs is 3. The second-order valence-electron chi connectivity index (χ2n) is 7.51. The summed E-state index contributed by atoms with van der Waals surface area (Å²) in [6, 6.07) is 18.8. The minimum Gasteiger partial charge on any atom is -0.489 e. The van der Waals surface area contributed by atoms with Gasteiger partial charge in [-0.25, -0.2) is 0 Å². The van der Waals surface area contributed by atoms with Gasteiger partial charge in [-0.3, -0.25) is 19.6 Å². The van der Waals surface area contributed by atoms with Gasteiger partial charge in [0.2, 0.25) is 0 Å². The number of likely N-dealkylation sites (N-methyl/N-ethyl adjacent to an activating group) is 1. The van der Waals surface area contributed by atoms with Crippen molar-refractivity contribution in [2.45, 2.75) is 6.04 Å². The van der Waals surface area contributed by atoms with Crippen molar-refractivity contribution in [1.82, 2.24) is 15.3 Å². The van der Waals surface area contributed by atoms with E-state index in [0.717, 1.165) is 10.9 Å². The van der Waals surface area contributed by atoms with Gasteiger partial charge in [-0.05, 0) is 42.5 Å². The number of carbonyl (C=O) groups is 2. The maximum Gasteiger partial charge on any atom is 0.270 e. The number of carbonyl (C=O) groups excluding carboxylic acids is 2. The zero-order valence-corrected chi connectivity index (χ0v) is 17.8. The van der Waals surface area contributed by atoms with Gasteiger partial charge in [0.25, 0.3) is 11.8 Å². The summed E-state index contributed by atoms with van der Waals surface area (Å²) in [6.45, 7) is -0.00606. The molecule has 8 heteroatoms. The lowest BCUT2D eigenvalue weighted by Gasteiger charge is -2.21. The van der Waals surface area contributed by atoms with Crippen molar-refractivity contribution in [3.8, 4) is 17.2 Å². The molecule has 0 aliphatic carbocycles. The SMILES string of the molecule is CN1C(=O)[C@@H](NC(=O)c2cc(Oc3ccccc3)ccn2)COc2ccc3ncccc3c21. The lowest BCUT2D eigenvalue weighted by molar-refractivity contribution is -0.120. The maximum atomic E-state index is 13.2. The van der Waals surface area contributed by atoms with E-state index in [1.165, 1.54) is 17.2 Å². The van der Waals surface area contributed by atoms with Crippen LogP contribution in [0.3, 0.4) is 0 Å². The third-order valence-corrected chi connectivity index (χ3v) is 5.34. The molecule has 8 nitrogen and oxygen atoms in total. The number of rotatable bonds is 4. The van der Waals surface area contributed by atoms with E-state index >= 15 is 0 Å². The zero-order chi connectivity index (χ0) is 22.8. The average Bonchev–Trinajstić information content (AvgIpc) is 2.97.